The summed E-state index contributed by atoms with van der Waals surface area (Å²) in [5, 5.41) is 3.82. The molecule has 0 spiro atoms. The van der Waals surface area contributed by atoms with Crippen LogP contribution in [-0.4, -0.2) is 32.1 Å². The molecule has 2 saturated carbocycles. The van der Waals surface area contributed by atoms with E-state index >= 15 is 0 Å². The van der Waals surface area contributed by atoms with Crippen LogP contribution in [0.5, 0.6) is 0 Å². The van der Waals surface area contributed by atoms with Crippen LogP contribution in [0.15, 0.2) is 10.7 Å². The predicted molar refractivity (Wildman–Crippen MR) is 76.6 cm³/mol. The third-order valence-corrected chi connectivity index (χ3v) is 4.35. The van der Waals surface area contributed by atoms with Gasteiger partial charge < -0.3 is 16.0 Å². The van der Waals surface area contributed by atoms with E-state index in [2.05, 4.69) is 20.1 Å². The molecule has 2 fully saturated rings. The van der Waals surface area contributed by atoms with Gasteiger partial charge in [-0.3, -0.25) is 0 Å². The second kappa shape index (κ2) is 4.92. The highest BCUT2D eigenvalue weighted by atomic mass is 19.3. The molecule has 9 heteroatoms. The molecule has 23 heavy (non-hydrogen) atoms. The first-order valence-corrected chi connectivity index (χ1v) is 7.53. The lowest BCUT2D eigenvalue weighted by Gasteiger charge is -2.07. The Hall–Kier alpha value is -2.16. The summed E-state index contributed by atoms with van der Waals surface area (Å²) in [6.45, 7) is 0. The largest absolute Gasteiger partial charge is 0.383 e. The van der Waals surface area contributed by atoms with Gasteiger partial charge in [-0.1, -0.05) is 5.16 Å². The van der Waals surface area contributed by atoms with Crippen LogP contribution >= 0.6 is 0 Å². The zero-order chi connectivity index (χ0) is 16.2. The molecule has 4 N–H and O–H groups in total. The zero-order valence-electron chi connectivity index (χ0n) is 12.2. The van der Waals surface area contributed by atoms with Gasteiger partial charge in [0.1, 0.15) is 11.6 Å². The number of alkyl halides is 2. The predicted octanol–water partition coefficient (Wildman–Crippen LogP) is 1.83. The number of hydrogen-bond donors (Lipinski definition) is 2. The molecule has 0 amide bonds. The van der Waals surface area contributed by atoms with Crippen molar-refractivity contribution < 1.29 is 13.3 Å². The van der Waals surface area contributed by atoms with Crippen molar-refractivity contribution in [3.05, 3.63) is 17.9 Å². The Kier molecular flexibility index (Phi) is 3.09. The molecule has 0 aliphatic heterocycles. The van der Waals surface area contributed by atoms with Gasteiger partial charge in [0.05, 0.1) is 11.5 Å². The second-order valence-corrected chi connectivity index (χ2v) is 6.29. The summed E-state index contributed by atoms with van der Waals surface area (Å²) >= 11 is 0. The maximum Gasteiger partial charge on any atom is 0.250 e. The van der Waals surface area contributed by atoms with Crippen molar-refractivity contribution in [3.8, 4) is 11.4 Å². The molecular formula is C14H16F2N6O. The van der Waals surface area contributed by atoms with Crippen LogP contribution in [0, 0.1) is 0 Å². The number of hydrogen-bond acceptors (Lipinski definition) is 7. The Morgan fingerprint density at radius 3 is 2.61 bits per heavy atom. The van der Waals surface area contributed by atoms with Gasteiger partial charge in [-0.05, 0) is 12.8 Å². The van der Waals surface area contributed by atoms with Crippen molar-refractivity contribution in [2.45, 2.75) is 49.5 Å². The van der Waals surface area contributed by atoms with E-state index in [-0.39, 0.29) is 30.4 Å². The number of aromatic nitrogens is 4. The molecular weight excluding hydrogens is 306 g/mol. The van der Waals surface area contributed by atoms with Crippen molar-refractivity contribution in [2.75, 3.05) is 5.73 Å². The fourth-order valence-corrected chi connectivity index (χ4v) is 2.93. The van der Waals surface area contributed by atoms with Crippen LogP contribution in [0.3, 0.4) is 0 Å². The SMILES string of the molecule is Nc1nc(C2CC2)ncc1-c1noc([C@@H]2CC(F)(F)C[C@H]2N)n1. The lowest BCUT2D eigenvalue weighted by molar-refractivity contribution is 0.00593. The Bertz CT molecular complexity index is 745. The monoisotopic (exact) mass is 322 g/mol. The second-order valence-electron chi connectivity index (χ2n) is 6.29. The first-order chi connectivity index (χ1) is 10.9. The number of nitrogens with two attached hydrogens (primary N) is 2. The highest BCUT2D eigenvalue weighted by Crippen LogP contribution is 2.43. The standard InChI is InChI=1S/C14H16F2N6O/c15-14(16)3-7(9(17)4-14)13-21-12(22-23-13)8-5-19-11(6-1-2-6)20-10(8)18/h5-7,9H,1-4,17H2,(H2,18,19,20)/t7-,9-/m1/s1. The van der Waals surface area contributed by atoms with Gasteiger partial charge >= 0.3 is 0 Å². The number of rotatable bonds is 3. The summed E-state index contributed by atoms with van der Waals surface area (Å²) in [5.74, 6) is -1.79. The molecule has 2 aliphatic carbocycles. The van der Waals surface area contributed by atoms with E-state index in [4.69, 9.17) is 16.0 Å². The maximum atomic E-state index is 13.4. The summed E-state index contributed by atoms with van der Waals surface area (Å²) in [6, 6.07) is -0.705. The molecule has 0 unspecified atom stereocenters. The maximum absolute atomic E-state index is 13.4. The highest BCUT2D eigenvalue weighted by Gasteiger charge is 2.47. The van der Waals surface area contributed by atoms with Crippen molar-refractivity contribution in [1.29, 1.82) is 0 Å². The van der Waals surface area contributed by atoms with Gasteiger partial charge in [-0.25, -0.2) is 18.7 Å². The van der Waals surface area contributed by atoms with Gasteiger partial charge in [0.2, 0.25) is 11.7 Å². The molecule has 0 saturated heterocycles. The first kappa shape index (κ1) is 14.4. The molecule has 122 valence electrons. The van der Waals surface area contributed by atoms with E-state index in [0.29, 0.717) is 17.3 Å². The summed E-state index contributed by atoms with van der Waals surface area (Å²) in [4.78, 5) is 12.7. The fourth-order valence-electron chi connectivity index (χ4n) is 2.93. The summed E-state index contributed by atoms with van der Waals surface area (Å²) in [7, 11) is 0. The van der Waals surface area contributed by atoms with Crippen LogP contribution in [0.1, 0.15) is 49.2 Å². The van der Waals surface area contributed by atoms with E-state index < -0.39 is 17.9 Å². The number of nitrogen functional groups attached to an aromatic ring is 1. The third kappa shape index (κ3) is 2.65. The fraction of sp³-hybridized carbons (Fsp3) is 0.571. The van der Waals surface area contributed by atoms with Gasteiger partial charge in [0, 0.05) is 31.0 Å². The van der Waals surface area contributed by atoms with Crippen LogP contribution in [0.2, 0.25) is 0 Å². The van der Waals surface area contributed by atoms with E-state index in [9.17, 15) is 8.78 Å². The number of anilines is 1. The average Bonchev–Trinajstić information content (AvgIpc) is 3.15. The summed E-state index contributed by atoms with van der Waals surface area (Å²) in [6.07, 6.45) is 2.92. The zero-order valence-corrected chi connectivity index (χ0v) is 12.2. The summed E-state index contributed by atoms with van der Waals surface area (Å²) in [5.41, 5.74) is 12.1. The molecule has 2 aromatic heterocycles. The minimum Gasteiger partial charge on any atom is -0.383 e. The lowest BCUT2D eigenvalue weighted by atomic mass is 10.0. The van der Waals surface area contributed by atoms with Crippen molar-refractivity contribution in [3.63, 3.8) is 0 Å². The molecule has 0 aromatic carbocycles. The topological polar surface area (TPSA) is 117 Å². The Labute approximate surface area is 130 Å². The summed E-state index contributed by atoms with van der Waals surface area (Å²) < 4.78 is 32.0. The van der Waals surface area contributed by atoms with E-state index in [0.717, 1.165) is 12.8 Å². The van der Waals surface area contributed by atoms with Crippen molar-refractivity contribution in [1.82, 2.24) is 20.1 Å². The van der Waals surface area contributed by atoms with Crippen molar-refractivity contribution >= 4 is 5.82 Å². The van der Waals surface area contributed by atoms with Crippen LogP contribution in [0.25, 0.3) is 11.4 Å². The first-order valence-electron chi connectivity index (χ1n) is 7.53. The molecule has 4 rings (SSSR count). The third-order valence-electron chi connectivity index (χ3n) is 4.35. The average molecular weight is 322 g/mol. The van der Waals surface area contributed by atoms with E-state index in [1.807, 2.05) is 0 Å². The molecule has 0 bridgehead atoms. The minimum absolute atomic E-state index is 0.107. The molecule has 2 aliphatic rings. The molecule has 2 atom stereocenters. The van der Waals surface area contributed by atoms with Crippen LogP contribution in [0.4, 0.5) is 14.6 Å². The molecule has 0 radical (unpaired) electrons. The Morgan fingerprint density at radius 2 is 2.00 bits per heavy atom. The smallest absolute Gasteiger partial charge is 0.250 e. The quantitative estimate of drug-likeness (QED) is 0.885. The Morgan fingerprint density at radius 1 is 1.22 bits per heavy atom. The molecule has 2 heterocycles. The number of halogens is 2. The molecule has 2 aromatic rings. The normalized spacial score (nSPS) is 26.6. The van der Waals surface area contributed by atoms with Gasteiger partial charge in [-0.2, -0.15) is 4.98 Å². The van der Waals surface area contributed by atoms with Crippen LogP contribution < -0.4 is 11.5 Å². The molecule has 7 nitrogen and oxygen atoms in total. The van der Waals surface area contributed by atoms with Gasteiger partial charge in [-0.15, -0.1) is 0 Å². The highest BCUT2D eigenvalue weighted by molar-refractivity contribution is 5.66. The van der Waals surface area contributed by atoms with E-state index in [1.54, 1.807) is 6.20 Å². The Balaban J connectivity index is 1.61. The lowest BCUT2D eigenvalue weighted by Crippen LogP contribution is -2.23. The van der Waals surface area contributed by atoms with Gasteiger partial charge in [0.15, 0.2) is 0 Å². The van der Waals surface area contributed by atoms with Gasteiger partial charge in [0.25, 0.3) is 5.92 Å². The minimum atomic E-state index is -2.80. The van der Waals surface area contributed by atoms with E-state index in [1.165, 1.54) is 0 Å². The van der Waals surface area contributed by atoms with Crippen LogP contribution in [-0.2, 0) is 0 Å². The number of nitrogens with zero attached hydrogens (tertiary/aromatic N) is 4. The van der Waals surface area contributed by atoms with Crippen molar-refractivity contribution in [2.24, 2.45) is 5.73 Å².